The Hall–Kier alpha value is -4.71. The van der Waals surface area contributed by atoms with E-state index in [1.807, 2.05) is 6.08 Å². The molecule has 0 spiro atoms. The van der Waals surface area contributed by atoms with Gasteiger partial charge in [0.05, 0.1) is 6.42 Å². The minimum absolute atomic E-state index is 0.0937. The predicted molar refractivity (Wildman–Crippen MR) is 329 cm³/mol. The molecule has 1 atom stereocenters. The molecule has 0 amide bonds. The first-order chi connectivity index (χ1) is 37.5. The van der Waals surface area contributed by atoms with Gasteiger partial charge in [-0.25, -0.2) is 0 Å². The Morgan fingerprint density at radius 2 is 0.553 bits per heavy atom. The molecular formula is C70H112O6. The van der Waals surface area contributed by atoms with Crippen LogP contribution in [-0.4, -0.2) is 37.2 Å². The van der Waals surface area contributed by atoms with E-state index >= 15 is 0 Å². The third kappa shape index (κ3) is 60.2. The number of esters is 3. The van der Waals surface area contributed by atoms with Crippen LogP contribution in [0.25, 0.3) is 0 Å². The molecule has 0 radical (unpaired) electrons. The molecule has 0 aliphatic rings. The highest BCUT2D eigenvalue weighted by molar-refractivity contribution is 5.72. The van der Waals surface area contributed by atoms with Crippen molar-refractivity contribution >= 4 is 17.9 Å². The monoisotopic (exact) mass is 1050 g/mol. The average molecular weight is 1050 g/mol. The molecule has 0 aromatic carbocycles. The molecule has 0 aliphatic heterocycles. The first kappa shape index (κ1) is 71.3. The van der Waals surface area contributed by atoms with E-state index < -0.39 is 12.1 Å². The van der Waals surface area contributed by atoms with Gasteiger partial charge in [-0.15, -0.1) is 0 Å². The standard InChI is InChI=1S/C70H112O6/c1-4-7-10-13-16-19-21-23-25-26-27-28-29-30-31-32-33-34-35-36-37-38-39-40-41-42-43-44-46-47-49-51-54-57-60-63-69(72)75-66-67(65-74-68(71)62-59-56-53-18-15-12-9-6-3)76-70(73)64-61-58-55-52-50-48-45-24-22-20-17-14-11-8-5-2/h7-8,10-11,16-17,19-20,23-25,27-28,30-31,33-34,36-37,45,50,52,58,61,67H,4-6,9,12-15,18,21-22,26,29,32,35,38-44,46-49,51,53-57,59-60,62-66H2,1-3H3/b10-7-,11-8-,19-16-,20-17-,25-23-,28-27-,31-30-,34-33-,37-36-,45-24-,52-50-,61-58-. The number of hydrogen-bond acceptors (Lipinski definition) is 6. The topological polar surface area (TPSA) is 78.9 Å². The van der Waals surface area contributed by atoms with Crippen LogP contribution in [0.5, 0.6) is 0 Å². The third-order valence-electron chi connectivity index (χ3n) is 12.6. The van der Waals surface area contributed by atoms with Gasteiger partial charge in [0.2, 0.25) is 0 Å². The largest absolute Gasteiger partial charge is 0.462 e. The number of carbonyl (C=O) groups is 3. The van der Waals surface area contributed by atoms with Crippen LogP contribution in [0.3, 0.4) is 0 Å². The molecule has 0 saturated carbocycles. The summed E-state index contributed by atoms with van der Waals surface area (Å²) in [5.41, 5.74) is 0. The summed E-state index contributed by atoms with van der Waals surface area (Å²) < 4.78 is 16.7. The van der Waals surface area contributed by atoms with Crippen LogP contribution in [0, 0.1) is 0 Å². The van der Waals surface area contributed by atoms with Crippen LogP contribution in [0.4, 0.5) is 0 Å². The van der Waals surface area contributed by atoms with Crippen molar-refractivity contribution in [3.8, 4) is 0 Å². The molecule has 0 saturated heterocycles. The summed E-state index contributed by atoms with van der Waals surface area (Å²) in [6, 6.07) is 0. The second-order valence-corrected chi connectivity index (χ2v) is 19.9. The van der Waals surface area contributed by atoms with Crippen LogP contribution in [0.1, 0.15) is 258 Å². The normalized spacial score (nSPS) is 13.1. The molecule has 0 rings (SSSR count). The Morgan fingerprint density at radius 1 is 0.289 bits per heavy atom. The van der Waals surface area contributed by atoms with Crippen molar-refractivity contribution in [2.24, 2.45) is 0 Å². The van der Waals surface area contributed by atoms with Crippen molar-refractivity contribution in [2.45, 2.75) is 264 Å². The quantitative estimate of drug-likeness (QED) is 0.0261. The van der Waals surface area contributed by atoms with Gasteiger partial charge in [-0.1, -0.05) is 282 Å². The molecule has 1 unspecified atom stereocenters. The van der Waals surface area contributed by atoms with Gasteiger partial charge in [-0.05, 0) is 103 Å². The van der Waals surface area contributed by atoms with E-state index in [2.05, 4.69) is 154 Å². The number of allylic oxidation sites excluding steroid dienone is 23. The summed E-state index contributed by atoms with van der Waals surface area (Å²) in [5.74, 6) is -1.06. The zero-order valence-electron chi connectivity index (χ0n) is 49.0. The van der Waals surface area contributed by atoms with Gasteiger partial charge >= 0.3 is 17.9 Å². The smallest absolute Gasteiger partial charge is 0.310 e. The van der Waals surface area contributed by atoms with E-state index in [0.717, 1.165) is 116 Å². The summed E-state index contributed by atoms with van der Waals surface area (Å²) in [6.07, 6.45) is 90.5. The summed E-state index contributed by atoms with van der Waals surface area (Å²) in [7, 11) is 0. The zero-order valence-corrected chi connectivity index (χ0v) is 49.0. The Labute approximate surface area is 467 Å². The maximum Gasteiger partial charge on any atom is 0.310 e. The van der Waals surface area contributed by atoms with E-state index in [0.29, 0.717) is 12.8 Å². The van der Waals surface area contributed by atoms with Gasteiger partial charge in [0.25, 0.3) is 0 Å². The second-order valence-electron chi connectivity index (χ2n) is 19.9. The van der Waals surface area contributed by atoms with Crippen molar-refractivity contribution in [1.29, 1.82) is 0 Å². The number of hydrogen-bond donors (Lipinski definition) is 0. The lowest BCUT2D eigenvalue weighted by atomic mass is 10.0. The molecule has 0 aromatic rings. The highest BCUT2D eigenvalue weighted by Crippen LogP contribution is 2.15. The van der Waals surface area contributed by atoms with E-state index in [9.17, 15) is 14.4 Å². The van der Waals surface area contributed by atoms with Gasteiger partial charge in [0.15, 0.2) is 6.10 Å². The fourth-order valence-electron chi connectivity index (χ4n) is 8.09. The minimum atomic E-state index is -0.834. The van der Waals surface area contributed by atoms with Crippen LogP contribution in [-0.2, 0) is 28.6 Å². The van der Waals surface area contributed by atoms with Crippen LogP contribution in [0.2, 0.25) is 0 Å². The third-order valence-corrected chi connectivity index (χ3v) is 12.6. The van der Waals surface area contributed by atoms with Crippen molar-refractivity contribution in [3.63, 3.8) is 0 Å². The average Bonchev–Trinajstić information content (AvgIpc) is 3.42. The zero-order chi connectivity index (χ0) is 55.0. The number of ether oxygens (including phenoxy) is 3. The van der Waals surface area contributed by atoms with Gasteiger partial charge in [-0.3, -0.25) is 14.4 Å². The fourth-order valence-corrected chi connectivity index (χ4v) is 8.09. The SMILES string of the molecule is CC/C=C\C/C=C\C/C=C\C/C=C\C/C=C\C/C=C\C/C=C\CCCCCCCCCCCCCCCC(=O)OCC(COC(=O)CCCCCCCCCC)OC(=O)C/C=C\C/C=C\C/C=C\C/C=C\C/C=C\CC. The van der Waals surface area contributed by atoms with Gasteiger partial charge in [0, 0.05) is 12.8 Å². The van der Waals surface area contributed by atoms with E-state index in [4.69, 9.17) is 14.2 Å². The Bertz CT molecular complexity index is 1680. The molecule has 0 fully saturated rings. The van der Waals surface area contributed by atoms with Crippen molar-refractivity contribution in [3.05, 3.63) is 146 Å². The number of rotatable bonds is 54. The molecule has 0 heterocycles. The van der Waals surface area contributed by atoms with Crippen molar-refractivity contribution < 1.29 is 28.6 Å². The lowest BCUT2D eigenvalue weighted by Gasteiger charge is -2.18. The summed E-state index contributed by atoms with van der Waals surface area (Å²) >= 11 is 0. The Morgan fingerprint density at radius 3 is 0.868 bits per heavy atom. The molecule has 76 heavy (non-hydrogen) atoms. The first-order valence-electron chi connectivity index (χ1n) is 30.8. The lowest BCUT2D eigenvalue weighted by molar-refractivity contribution is -0.166. The maximum atomic E-state index is 12.7. The van der Waals surface area contributed by atoms with E-state index in [-0.39, 0.29) is 31.6 Å². The highest BCUT2D eigenvalue weighted by Gasteiger charge is 2.19. The van der Waals surface area contributed by atoms with E-state index in [1.165, 1.54) is 103 Å². The summed E-state index contributed by atoms with van der Waals surface area (Å²) in [5, 5.41) is 0. The van der Waals surface area contributed by atoms with Gasteiger partial charge < -0.3 is 14.2 Å². The molecule has 0 bridgehead atoms. The van der Waals surface area contributed by atoms with Crippen molar-refractivity contribution in [2.75, 3.05) is 13.2 Å². The number of carbonyl (C=O) groups excluding carboxylic acids is 3. The van der Waals surface area contributed by atoms with Crippen LogP contribution >= 0.6 is 0 Å². The van der Waals surface area contributed by atoms with Crippen molar-refractivity contribution in [1.82, 2.24) is 0 Å². The first-order valence-corrected chi connectivity index (χ1v) is 30.8. The molecule has 6 heteroatoms. The van der Waals surface area contributed by atoms with Crippen LogP contribution in [0.15, 0.2) is 146 Å². The molecule has 0 N–H and O–H groups in total. The molecule has 6 nitrogen and oxygen atoms in total. The number of unbranched alkanes of at least 4 members (excludes halogenated alkanes) is 20. The summed E-state index contributed by atoms with van der Waals surface area (Å²) in [6.45, 7) is 6.29. The molecule has 0 aromatic heterocycles. The molecular weight excluding hydrogens is 937 g/mol. The Kier molecular flexibility index (Phi) is 58.9. The van der Waals surface area contributed by atoms with E-state index in [1.54, 1.807) is 6.08 Å². The van der Waals surface area contributed by atoms with Crippen LogP contribution < -0.4 is 0 Å². The fraction of sp³-hybridized carbons (Fsp3) is 0.614. The van der Waals surface area contributed by atoms with Gasteiger partial charge in [0.1, 0.15) is 13.2 Å². The predicted octanol–water partition coefficient (Wildman–Crippen LogP) is 21.2. The summed E-state index contributed by atoms with van der Waals surface area (Å²) in [4.78, 5) is 37.9. The highest BCUT2D eigenvalue weighted by atomic mass is 16.6. The molecule has 428 valence electrons. The molecule has 0 aliphatic carbocycles. The lowest BCUT2D eigenvalue weighted by Crippen LogP contribution is -2.30. The van der Waals surface area contributed by atoms with Gasteiger partial charge in [-0.2, -0.15) is 0 Å². The second kappa shape index (κ2) is 62.8. The maximum absolute atomic E-state index is 12.7. The minimum Gasteiger partial charge on any atom is -0.462 e. The Balaban J connectivity index is 4.15.